The summed E-state index contributed by atoms with van der Waals surface area (Å²) in [7, 11) is 0. The topological polar surface area (TPSA) is 89.9 Å². The number of aliphatic hydroxyl groups is 1. The maximum atomic E-state index is 11.9. The highest BCUT2D eigenvalue weighted by Gasteiger charge is 2.42. The molecule has 104 valence electrons. The van der Waals surface area contributed by atoms with Gasteiger partial charge in [0.1, 0.15) is 5.00 Å². The predicted octanol–water partition coefficient (Wildman–Crippen LogP) is 1.83. The van der Waals surface area contributed by atoms with Crippen molar-refractivity contribution in [1.29, 1.82) is 0 Å². The lowest BCUT2D eigenvalue weighted by Crippen LogP contribution is -2.64. The van der Waals surface area contributed by atoms with Crippen molar-refractivity contribution in [3.8, 4) is 0 Å². The summed E-state index contributed by atoms with van der Waals surface area (Å²) >= 11 is 1.17. The molecule has 0 radical (unpaired) electrons. The van der Waals surface area contributed by atoms with Gasteiger partial charge in [0, 0.05) is 0 Å². The maximum absolute atomic E-state index is 11.9. The van der Waals surface area contributed by atoms with E-state index in [9.17, 15) is 14.7 Å². The van der Waals surface area contributed by atoms with E-state index in [4.69, 9.17) is 5.11 Å². The van der Waals surface area contributed by atoms with Crippen LogP contribution < -0.4 is 5.32 Å². The second kappa shape index (κ2) is 5.18. The number of nitrogens with zero attached hydrogens (tertiary/aromatic N) is 1. The minimum atomic E-state index is -1.07. The monoisotopic (exact) mass is 284 g/mol. The Morgan fingerprint density at radius 1 is 1.53 bits per heavy atom. The number of hydrogen-bond donors (Lipinski definition) is 3. The van der Waals surface area contributed by atoms with Crippen LogP contribution in [0.25, 0.3) is 0 Å². The van der Waals surface area contributed by atoms with Gasteiger partial charge in [-0.15, -0.1) is 11.3 Å². The third-order valence-electron chi connectivity index (χ3n) is 3.09. The summed E-state index contributed by atoms with van der Waals surface area (Å²) in [6, 6.07) is 1.08. The van der Waals surface area contributed by atoms with Gasteiger partial charge in [-0.05, 0) is 17.9 Å². The SMILES string of the molecule is CCCC1(O)CN(C(=O)Nc2sccc2C(=O)O)C1. The van der Waals surface area contributed by atoms with Crippen LogP contribution in [0.15, 0.2) is 11.4 Å². The van der Waals surface area contributed by atoms with Crippen LogP contribution in [-0.2, 0) is 0 Å². The molecular weight excluding hydrogens is 268 g/mol. The zero-order chi connectivity index (χ0) is 14.0. The van der Waals surface area contributed by atoms with E-state index < -0.39 is 11.6 Å². The lowest BCUT2D eigenvalue weighted by atomic mass is 9.90. The van der Waals surface area contributed by atoms with Crippen molar-refractivity contribution >= 4 is 28.3 Å². The number of hydrogen-bond acceptors (Lipinski definition) is 4. The molecule has 7 heteroatoms. The molecule has 1 fully saturated rings. The van der Waals surface area contributed by atoms with Crippen LogP contribution in [0.3, 0.4) is 0 Å². The molecule has 1 aromatic heterocycles. The van der Waals surface area contributed by atoms with Crippen molar-refractivity contribution in [2.75, 3.05) is 18.4 Å². The molecule has 2 heterocycles. The van der Waals surface area contributed by atoms with Crippen LogP contribution >= 0.6 is 11.3 Å². The Bertz CT molecular complexity index is 494. The number of likely N-dealkylation sites (tertiary alicyclic amines) is 1. The first-order valence-corrected chi connectivity index (χ1v) is 6.92. The summed E-state index contributed by atoms with van der Waals surface area (Å²) in [4.78, 5) is 24.3. The zero-order valence-corrected chi connectivity index (χ0v) is 11.4. The fourth-order valence-corrected chi connectivity index (χ4v) is 2.95. The summed E-state index contributed by atoms with van der Waals surface area (Å²) in [5.41, 5.74) is -0.695. The molecule has 3 N–H and O–H groups in total. The number of β-amino-alcohol motifs (C(OH)–C–C–N with tert-alkyl or cyclic N) is 1. The molecule has 1 aliphatic heterocycles. The smallest absolute Gasteiger partial charge is 0.338 e. The van der Waals surface area contributed by atoms with Crippen LogP contribution in [0.4, 0.5) is 9.80 Å². The number of aromatic carboxylic acids is 1. The first-order chi connectivity index (χ1) is 8.95. The highest BCUT2D eigenvalue weighted by atomic mass is 32.1. The number of carboxylic acids is 1. The Kier molecular flexibility index (Phi) is 3.77. The number of amides is 2. The normalized spacial score (nSPS) is 16.8. The van der Waals surface area contributed by atoms with E-state index >= 15 is 0 Å². The van der Waals surface area contributed by atoms with Crippen LogP contribution in [0.5, 0.6) is 0 Å². The summed E-state index contributed by atoms with van der Waals surface area (Å²) in [5.74, 6) is -1.07. The average molecular weight is 284 g/mol. The molecule has 2 amide bonds. The quantitative estimate of drug-likeness (QED) is 0.786. The molecule has 0 unspecified atom stereocenters. The molecular formula is C12H16N2O4S. The molecule has 0 bridgehead atoms. The minimum Gasteiger partial charge on any atom is -0.478 e. The predicted molar refractivity (Wildman–Crippen MR) is 71.7 cm³/mol. The van der Waals surface area contributed by atoms with Crippen molar-refractivity contribution < 1.29 is 19.8 Å². The van der Waals surface area contributed by atoms with Gasteiger partial charge in [-0.3, -0.25) is 5.32 Å². The summed E-state index contributed by atoms with van der Waals surface area (Å²) in [6.07, 6.45) is 1.52. The van der Waals surface area contributed by atoms with E-state index in [1.54, 1.807) is 5.38 Å². The van der Waals surface area contributed by atoms with Crippen molar-refractivity contribution in [2.24, 2.45) is 0 Å². The summed E-state index contributed by atoms with van der Waals surface area (Å²) in [5, 5.41) is 23.4. The second-order valence-electron chi connectivity index (χ2n) is 4.73. The highest BCUT2D eigenvalue weighted by Crippen LogP contribution is 2.28. The molecule has 1 saturated heterocycles. The third kappa shape index (κ3) is 2.87. The van der Waals surface area contributed by atoms with E-state index in [1.165, 1.54) is 22.3 Å². The maximum Gasteiger partial charge on any atom is 0.338 e. The molecule has 1 aliphatic rings. The molecule has 0 aromatic carbocycles. The van der Waals surface area contributed by atoms with Gasteiger partial charge in [-0.2, -0.15) is 0 Å². The molecule has 0 atom stereocenters. The highest BCUT2D eigenvalue weighted by molar-refractivity contribution is 7.14. The summed E-state index contributed by atoms with van der Waals surface area (Å²) < 4.78 is 0. The second-order valence-corrected chi connectivity index (χ2v) is 5.65. The van der Waals surface area contributed by atoms with Crippen LogP contribution in [0.1, 0.15) is 30.1 Å². The molecule has 0 saturated carbocycles. The van der Waals surface area contributed by atoms with Gasteiger partial charge >= 0.3 is 12.0 Å². The van der Waals surface area contributed by atoms with Gasteiger partial charge < -0.3 is 15.1 Å². The molecule has 0 spiro atoms. The number of rotatable bonds is 4. The Morgan fingerprint density at radius 3 is 2.79 bits per heavy atom. The minimum absolute atomic E-state index is 0.0858. The first kappa shape index (κ1) is 13.8. The number of nitrogens with one attached hydrogen (secondary N) is 1. The third-order valence-corrected chi connectivity index (χ3v) is 3.92. The molecule has 6 nitrogen and oxygen atoms in total. The van der Waals surface area contributed by atoms with Crippen LogP contribution in [-0.4, -0.2) is 45.8 Å². The van der Waals surface area contributed by atoms with Gasteiger partial charge in [-0.1, -0.05) is 13.3 Å². The van der Waals surface area contributed by atoms with Gasteiger partial charge in [0.15, 0.2) is 0 Å². The molecule has 0 aliphatic carbocycles. The van der Waals surface area contributed by atoms with Crippen molar-refractivity contribution in [1.82, 2.24) is 4.90 Å². The Labute approximate surface area is 114 Å². The Balaban J connectivity index is 1.93. The Morgan fingerprint density at radius 2 is 2.21 bits per heavy atom. The van der Waals surface area contributed by atoms with E-state index in [1.807, 2.05) is 6.92 Å². The average Bonchev–Trinajstić information content (AvgIpc) is 2.74. The molecule has 1 aromatic rings. The first-order valence-electron chi connectivity index (χ1n) is 6.04. The summed E-state index contributed by atoms with van der Waals surface area (Å²) in [6.45, 7) is 2.56. The van der Waals surface area contributed by atoms with Gasteiger partial charge in [0.25, 0.3) is 0 Å². The van der Waals surface area contributed by atoms with Crippen molar-refractivity contribution in [3.63, 3.8) is 0 Å². The molecule has 19 heavy (non-hydrogen) atoms. The zero-order valence-electron chi connectivity index (χ0n) is 10.5. The van der Waals surface area contributed by atoms with Crippen LogP contribution in [0.2, 0.25) is 0 Å². The standard InChI is InChI=1S/C12H16N2O4S/c1-2-4-12(18)6-14(7-12)11(17)13-9-8(10(15)16)3-5-19-9/h3,5,18H,2,4,6-7H2,1H3,(H,13,17)(H,15,16). The van der Waals surface area contributed by atoms with Gasteiger partial charge in [0.05, 0.1) is 24.3 Å². The number of anilines is 1. The fourth-order valence-electron chi connectivity index (χ4n) is 2.18. The van der Waals surface area contributed by atoms with Crippen molar-refractivity contribution in [2.45, 2.75) is 25.4 Å². The number of carbonyl (C=O) groups excluding carboxylic acids is 1. The van der Waals surface area contributed by atoms with Crippen molar-refractivity contribution in [3.05, 3.63) is 17.0 Å². The number of thiophene rings is 1. The Hall–Kier alpha value is -1.60. The number of carboxylic acid groups (broad SMARTS) is 1. The van der Waals surface area contributed by atoms with Gasteiger partial charge in [0.2, 0.25) is 0 Å². The lowest BCUT2D eigenvalue weighted by molar-refractivity contribution is -0.0792. The number of urea groups is 1. The van der Waals surface area contributed by atoms with E-state index in [0.717, 1.165) is 6.42 Å². The van der Waals surface area contributed by atoms with E-state index in [0.29, 0.717) is 24.5 Å². The van der Waals surface area contributed by atoms with Crippen LogP contribution in [0, 0.1) is 0 Å². The number of carbonyl (C=O) groups is 2. The van der Waals surface area contributed by atoms with E-state index in [2.05, 4.69) is 5.32 Å². The molecule has 2 rings (SSSR count). The largest absolute Gasteiger partial charge is 0.478 e. The van der Waals surface area contributed by atoms with E-state index in [-0.39, 0.29) is 11.6 Å². The fraction of sp³-hybridized carbons (Fsp3) is 0.500. The van der Waals surface area contributed by atoms with Gasteiger partial charge in [-0.25, -0.2) is 9.59 Å². The lowest BCUT2D eigenvalue weighted by Gasteiger charge is -2.46.